The molecular formula is C19H21N2O4P. The van der Waals surface area contributed by atoms with E-state index >= 15 is 0 Å². The average Bonchev–Trinajstić information content (AvgIpc) is 2.96. The van der Waals surface area contributed by atoms with Crippen LogP contribution >= 0.6 is 7.60 Å². The third-order valence-electron chi connectivity index (χ3n) is 3.91. The van der Waals surface area contributed by atoms with Gasteiger partial charge in [-0.15, -0.1) is 0 Å². The summed E-state index contributed by atoms with van der Waals surface area (Å²) in [5.74, 6) is -1.25. The molecular weight excluding hydrogens is 351 g/mol. The van der Waals surface area contributed by atoms with E-state index in [4.69, 9.17) is 9.05 Å². The van der Waals surface area contributed by atoms with Gasteiger partial charge in [-0.3, -0.25) is 14.4 Å². The van der Waals surface area contributed by atoms with E-state index in [-0.39, 0.29) is 24.8 Å². The maximum Gasteiger partial charge on any atom is 0.359 e. The molecule has 26 heavy (non-hydrogen) atoms. The molecule has 2 aromatic carbocycles. The number of anilines is 1. The van der Waals surface area contributed by atoms with Gasteiger partial charge in [-0.25, -0.2) is 0 Å². The van der Waals surface area contributed by atoms with Gasteiger partial charge < -0.3 is 14.4 Å². The van der Waals surface area contributed by atoms with E-state index in [1.165, 1.54) is 0 Å². The molecule has 0 aliphatic carbocycles. The fraction of sp³-hybridized carbons (Fsp3) is 0.263. The number of benzene rings is 2. The van der Waals surface area contributed by atoms with Crippen LogP contribution in [0.2, 0.25) is 0 Å². The SMILES string of the molecule is CCOP(=O)(OCC)C(/N=C1/C(=O)Nc2ccccc21)c1ccccc1. The van der Waals surface area contributed by atoms with Crippen LogP contribution < -0.4 is 5.32 Å². The monoisotopic (exact) mass is 372 g/mol. The number of amides is 1. The summed E-state index contributed by atoms with van der Waals surface area (Å²) in [6.45, 7) is 3.93. The number of hydrogen-bond acceptors (Lipinski definition) is 5. The second-order valence-corrected chi connectivity index (χ2v) is 7.72. The van der Waals surface area contributed by atoms with Crippen molar-refractivity contribution in [2.45, 2.75) is 19.6 Å². The molecule has 0 spiro atoms. The van der Waals surface area contributed by atoms with Gasteiger partial charge in [0.25, 0.3) is 5.91 Å². The van der Waals surface area contributed by atoms with E-state index in [1.54, 1.807) is 38.1 Å². The zero-order chi connectivity index (χ0) is 18.6. The Morgan fingerprint density at radius 1 is 1.00 bits per heavy atom. The molecule has 0 bridgehead atoms. The highest BCUT2D eigenvalue weighted by atomic mass is 31.2. The van der Waals surface area contributed by atoms with E-state index in [1.807, 2.05) is 30.3 Å². The van der Waals surface area contributed by atoms with Crippen molar-refractivity contribution < 1.29 is 18.4 Å². The maximum absolute atomic E-state index is 13.4. The standard InChI is InChI=1S/C19H21N2O4P/c1-3-24-26(23,25-4-2)19(14-10-6-5-7-11-14)21-17-15-12-8-9-13-16(15)20-18(17)22/h5-13,19H,3-4H2,1-2H3,(H,20,21,22). The number of hydrogen-bond donors (Lipinski definition) is 1. The first kappa shape index (κ1) is 18.5. The van der Waals surface area contributed by atoms with E-state index in [2.05, 4.69) is 10.3 Å². The van der Waals surface area contributed by atoms with Crippen LogP contribution in [0.15, 0.2) is 59.6 Å². The molecule has 136 valence electrons. The maximum atomic E-state index is 13.4. The quantitative estimate of drug-likeness (QED) is 0.731. The molecule has 1 atom stereocenters. The summed E-state index contributed by atoms with van der Waals surface area (Å²) in [4.78, 5) is 17.0. The van der Waals surface area contributed by atoms with Crippen LogP contribution in [0.1, 0.15) is 30.8 Å². The largest absolute Gasteiger partial charge is 0.359 e. The first-order chi connectivity index (χ1) is 12.6. The number of carbonyl (C=O) groups is 1. The van der Waals surface area contributed by atoms with Crippen LogP contribution in [0.4, 0.5) is 5.69 Å². The summed E-state index contributed by atoms with van der Waals surface area (Å²) in [6.07, 6.45) is 0. The van der Waals surface area contributed by atoms with Crippen LogP contribution in [0.25, 0.3) is 0 Å². The summed E-state index contributed by atoms with van der Waals surface area (Å²) in [6, 6.07) is 16.4. The van der Waals surface area contributed by atoms with Gasteiger partial charge in [-0.2, -0.15) is 0 Å². The highest BCUT2D eigenvalue weighted by Gasteiger charge is 2.39. The zero-order valence-electron chi connectivity index (χ0n) is 14.7. The van der Waals surface area contributed by atoms with Gasteiger partial charge in [0.15, 0.2) is 5.78 Å². The second-order valence-electron chi connectivity index (χ2n) is 5.64. The fourth-order valence-electron chi connectivity index (χ4n) is 2.84. The molecule has 0 saturated heterocycles. The number of rotatable bonds is 7. The minimum atomic E-state index is -3.61. The number of aliphatic imine (C=N–C) groups is 1. The normalized spacial score (nSPS) is 16.4. The predicted octanol–water partition coefficient (Wildman–Crippen LogP) is 4.39. The van der Waals surface area contributed by atoms with E-state index in [9.17, 15) is 9.36 Å². The van der Waals surface area contributed by atoms with Crippen molar-refractivity contribution in [2.75, 3.05) is 18.5 Å². The number of carbonyl (C=O) groups excluding carboxylic acids is 1. The van der Waals surface area contributed by atoms with E-state index in [0.29, 0.717) is 16.8 Å². The molecule has 2 aromatic rings. The zero-order valence-corrected chi connectivity index (χ0v) is 15.6. The molecule has 0 radical (unpaired) electrons. The van der Waals surface area contributed by atoms with Crippen molar-refractivity contribution in [3.63, 3.8) is 0 Å². The Kier molecular flexibility index (Phi) is 5.67. The number of nitrogens with zero attached hydrogens (tertiary/aromatic N) is 1. The third-order valence-corrected chi connectivity index (χ3v) is 6.16. The molecule has 0 saturated carbocycles. The minimum absolute atomic E-state index is 0.217. The third kappa shape index (κ3) is 3.63. The average molecular weight is 372 g/mol. The van der Waals surface area contributed by atoms with Crippen molar-refractivity contribution in [1.82, 2.24) is 0 Å². The Bertz CT molecular complexity index is 857. The van der Waals surface area contributed by atoms with Crippen LogP contribution in [-0.2, 0) is 18.4 Å². The Hall–Kier alpha value is -2.27. The predicted molar refractivity (Wildman–Crippen MR) is 102 cm³/mol. The van der Waals surface area contributed by atoms with Crippen molar-refractivity contribution in [2.24, 2.45) is 4.99 Å². The van der Waals surface area contributed by atoms with Gasteiger partial charge in [0.2, 0.25) is 0 Å². The minimum Gasteiger partial charge on any atom is -0.320 e. The Labute approximate surface area is 152 Å². The Balaban J connectivity index is 2.13. The second kappa shape index (κ2) is 7.96. The molecule has 7 heteroatoms. The smallest absolute Gasteiger partial charge is 0.320 e. The highest BCUT2D eigenvalue weighted by Crippen LogP contribution is 2.61. The fourth-order valence-corrected chi connectivity index (χ4v) is 4.72. The summed E-state index contributed by atoms with van der Waals surface area (Å²) >= 11 is 0. The number of fused-ring (bicyclic) bond motifs is 1. The molecule has 6 nitrogen and oxygen atoms in total. The molecule has 1 N–H and O–H groups in total. The first-order valence-electron chi connectivity index (χ1n) is 8.51. The van der Waals surface area contributed by atoms with Gasteiger partial charge in [0.05, 0.1) is 18.9 Å². The highest BCUT2D eigenvalue weighted by molar-refractivity contribution is 7.54. The number of nitrogens with one attached hydrogen (secondary N) is 1. The summed E-state index contributed by atoms with van der Waals surface area (Å²) in [7, 11) is -3.61. The first-order valence-corrected chi connectivity index (χ1v) is 10.1. The van der Waals surface area contributed by atoms with Gasteiger partial charge >= 0.3 is 7.60 Å². The van der Waals surface area contributed by atoms with E-state index in [0.717, 1.165) is 0 Å². The van der Waals surface area contributed by atoms with Gasteiger partial charge in [0, 0.05) is 5.56 Å². The summed E-state index contributed by atoms with van der Waals surface area (Å²) in [5.41, 5.74) is 2.26. The Morgan fingerprint density at radius 2 is 1.62 bits per heavy atom. The molecule has 3 rings (SSSR count). The van der Waals surface area contributed by atoms with Crippen molar-refractivity contribution in [1.29, 1.82) is 0 Å². The van der Waals surface area contributed by atoms with Crippen molar-refractivity contribution >= 4 is 24.9 Å². The Morgan fingerprint density at radius 3 is 2.27 bits per heavy atom. The molecule has 0 fully saturated rings. The van der Waals surface area contributed by atoms with Crippen molar-refractivity contribution in [3.05, 3.63) is 65.7 Å². The number of para-hydroxylation sites is 1. The van der Waals surface area contributed by atoms with E-state index < -0.39 is 13.4 Å². The topological polar surface area (TPSA) is 77.0 Å². The van der Waals surface area contributed by atoms with Crippen LogP contribution in [-0.4, -0.2) is 24.8 Å². The van der Waals surface area contributed by atoms with Gasteiger partial charge in [-0.05, 0) is 25.5 Å². The van der Waals surface area contributed by atoms with Crippen LogP contribution in [0, 0.1) is 0 Å². The van der Waals surface area contributed by atoms with Gasteiger partial charge in [0.1, 0.15) is 5.71 Å². The lowest BCUT2D eigenvalue weighted by Gasteiger charge is -2.24. The van der Waals surface area contributed by atoms with Crippen LogP contribution in [0.3, 0.4) is 0 Å². The molecule has 1 unspecified atom stereocenters. The lowest BCUT2D eigenvalue weighted by molar-refractivity contribution is -0.110. The van der Waals surface area contributed by atoms with Crippen molar-refractivity contribution in [3.8, 4) is 0 Å². The molecule has 0 aromatic heterocycles. The lowest BCUT2D eigenvalue weighted by Crippen LogP contribution is -2.17. The molecule has 1 aliphatic heterocycles. The lowest BCUT2D eigenvalue weighted by atomic mass is 10.1. The summed E-state index contributed by atoms with van der Waals surface area (Å²) < 4.78 is 24.5. The summed E-state index contributed by atoms with van der Waals surface area (Å²) in [5, 5.41) is 2.78. The molecule has 1 amide bonds. The molecule has 1 heterocycles. The van der Waals surface area contributed by atoms with Gasteiger partial charge in [-0.1, -0.05) is 48.5 Å². The van der Waals surface area contributed by atoms with Crippen LogP contribution in [0.5, 0.6) is 0 Å². The molecule has 1 aliphatic rings.